The Morgan fingerprint density at radius 3 is 2.43 bits per heavy atom. The van der Waals surface area contributed by atoms with Gasteiger partial charge in [0.25, 0.3) is 0 Å². The second-order valence-electron chi connectivity index (χ2n) is 7.80. The van der Waals surface area contributed by atoms with Crippen LogP contribution >= 0.6 is 11.6 Å². The van der Waals surface area contributed by atoms with E-state index in [1.807, 2.05) is 0 Å². The van der Waals surface area contributed by atoms with Crippen LogP contribution in [0.5, 0.6) is 5.75 Å². The number of alkyl halides is 3. The van der Waals surface area contributed by atoms with E-state index < -0.39 is 29.4 Å². The molecule has 0 saturated heterocycles. The highest BCUT2D eigenvalue weighted by molar-refractivity contribution is 6.30. The number of carbonyl (C=O) groups excluding carboxylic acids is 1. The number of carbonyl (C=O) groups is 1. The predicted molar refractivity (Wildman–Crippen MR) is 132 cm³/mol. The van der Waals surface area contributed by atoms with Crippen molar-refractivity contribution in [1.29, 1.82) is 0 Å². The lowest BCUT2D eigenvalue weighted by atomic mass is 9.92. The summed E-state index contributed by atoms with van der Waals surface area (Å²) in [4.78, 5) is 26.4. The molecule has 0 fully saturated rings. The van der Waals surface area contributed by atoms with Crippen molar-refractivity contribution in [2.75, 3.05) is 7.11 Å². The first kappa shape index (κ1) is 25.9. The molecule has 37 heavy (non-hydrogen) atoms. The zero-order valence-corrected chi connectivity index (χ0v) is 20.1. The number of para-hydroxylation sites is 2. The molecule has 0 aliphatic carbocycles. The van der Waals surface area contributed by atoms with E-state index in [1.165, 1.54) is 43.5 Å². The molecular weight excluding hydrogens is 509 g/mol. The van der Waals surface area contributed by atoms with Gasteiger partial charge < -0.3 is 14.9 Å². The largest absolute Gasteiger partial charge is 0.497 e. The predicted octanol–water partition coefficient (Wildman–Crippen LogP) is 5.72. The quantitative estimate of drug-likeness (QED) is 0.180. The zero-order valence-electron chi connectivity index (χ0n) is 19.4. The third kappa shape index (κ3) is 6.34. The molecule has 7 nitrogen and oxygen atoms in total. The second-order valence-corrected chi connectivity index (χ2v) is 8.23. The van der Waals surface area contributed by atoms with Crippen LogP contribution in [0.15, 0.2) is 78.0 Å². The van der Waals surface area contributed by atoms with Crippen molar-refractivity contribution in [2.24, 2.45) is 5.16 Å². The fourth-order valence-electron chi connectivity index (χ4n) is 3.60. The minimum Gasteiger partial charge on any atom is -0.497 e. The smallest absolute Gasteiger partial charge is 0.435 e. The first-order valence-corrected chi connectivity index (χ1v) is 11.3. The number of benzene rings is 3. The van der Waals surface area contributed by atoms with Crippen molar-refractivity contribution in [2.45, 2.75) is 18.7 Å². The molecule has 4 rings (SSSR count). The third-order valence-corrected chi connectivity index (χ3v) is 5.56. The lowest BCUT2D eigenvalue weighted by Gasteiger charge is -2.20. The summed E-state index contributed by atoms with van der Waals surface area (Å²) in [5.74, 6) is -1.64. The maximum atomic E-state index is 14.0. The molecule has 0 aliphatic heterocycles. The van der Waals surface area contributed by atoms with Gasteiger partial charge in [-0.15, -0.1) is 0 Å². The summed E-state index contributed by atoms with van der Waals surface area (Å²) in [7, 11) is 1.54. The van der Waals surface area contributed by atoms with E-state index in [4.69, 9.17) is 21.2 Å². The first-order valence-electron chi connectivity index (χ1n) is 10.9. The molecule has 4 aromatic rings. The SMILES string of the molecule is COc1cccc(CON=CNC(=O)[C@H](c2ccc(Cl)cc2)c2nc3ccccc3nc2C(F)(F)F)c1. The van der Waals surface area contributed by atoms with Crippen molar-refractivity contribution >= 4 is 34.9 Å². The second kappa shape index (κ2) is 11.3. The monoisotopic (exact) mass is 528 g/mol. The van der Waals surface area contributed by atoms with E-state index in [2.05, 4.69) is 20.4 Å². The maximum Gasteiger partial charge on any atom is 0.435 e. The number of amides is 1. The Hall–Kier alpha value is -4.18. The number of oxime groups is 1. The van der Waals surface area contributed by atoms with Crippen LogP contribution in [0, 0.1) is 0 Å². The number of halogens is 4. The lowest BCUT2D eigenvalue weighted by Crippen LogP contribution is -2.31. The molecule has 1 aromatic heterocycles. The van der Waals surface area contributed by atoms with Crippen molar-refractivity contribution in [3.8, 4) is 5.75 Å². The van der Waals surface area contributed by atoms with Crippen LogP contribution in [0.3, 0.4) is 0 Å². The van der Waals surface area contributed by atoms with E-state index in [1.54, 1.807) is 36.4 Å². The van der Waals surface area contributed by atoms with Crippen LogP contribution in [0.25, 0.3) is 11.0 Å². The Bertz CT molecular complexity index is 1430. The number of ether oxygens (including phenoxy) is 1. The number of nitrogens with zero attached hydrogens (tertiary/aromatic N) is 3. The lowest BCUT2D eigenvalue weighted by molar-refractivity contribution is -0.142. The van der Waals surface area contributed by atoms with Crippen LogP contribution in [0.1, 0.15) is 28.4 Å². The van der Waals surface area contributed by atoms with Crippen LogP contribution in [0.2, 0.25) is 5.02 Å². The van der Waals surface area contributed by atoms with Gasteiger partial charge in [-0.3, -0.25) is 4.79 Å². The molecule has 1 N–H and O–H groups in total. The number of hydrogen-bond acceptors (Lipinski definition) is 6. The number of aromatic nitrogens is 2. The Balaban J connectivity index is 1.63. The van der Waals surface area contributed by atoms with Crippen molar-refractivity contribution in [1.82, 2.24) is 15.3 Å². The van der Waals surface area contributed by atoms with Gasteiger partial charge in [-0.2, -0.15) is 13.2 Å². The number of nitrogens with one attached hydrogen (secondary N) is 1. The molecule has 3 aromatic carbocycles. The molecule has 0 radical (unpaired) electrons. The molecular formula is C26H20ClF3N4O3. The molecule has 0 bridgehead atoms. The van der Waals surface area contributed by atoms with E-state index >= 15 is 0 Å². The highest BCUT2D eigenvalue weighted by Crippen LogP contribution is 2.37. The molecule has 1 atom stereocenters. The maximum absolute atomic E-state index is 14.0. The van der Waals surface area contributed by atoms with Gasteiger partial charge in [0, 0.05) is 5.02 Å². The average Bonchev–Trinajstić information content (AvgIpc) is 2.89. The van der Waals surface area contributed by atoms with Crippen molar-refractivity contribution < 1.29 is 27.5 Å². The minimum atomic E-state index is -4.86. The molecule has 0 unspecified atom stereocenters. The summed E-state index contributed by atoms with van der Waals surface area (Å²) >= 11 is 5.96. The summed E-state index contributed by atoms with van der Waals surface area (Å²) in [6.07, 6.45) is -3.89. The van der Waals surface area contributed by atoms with Crippen LogP contribution in [-0.4, -0.2) is 29.3 Å². The highest BCUT2D eigenvalue weighted by atomic mass is 35.5. The van der Waals surface area contributed by atoms with E-state index in [-0.39, 0.29) is 23.2 Å². The fraction of sp³-hybridized carbons (Fsp3) is 0.154. The molecule has 0 spiro atoms. The van der Waals surface area contributed by atoms with E-state index in [0.717, 1.165) is 11.9 Å². The standard InChI is InChI=1S/C26H20ClF3N4O3/c1-36-19-6-4-5-16(13-19)14-37-32-15-31-25(35)22(17-9-11-18(27)12-10-17)23-24(26(28,29)30)34-21-8-3-2-7-20(21)33-23/h2-13,15,22H,14H2,1H3,(H,31,32,35)/t22-/m1/s1. The minimum absolute atomic E-state index is 0.0568. The van der Waals surface area contributed by atoms with Gasteiger partial charge in [-0.05, 0) is 47.5 Å². The molecule has 0 saturated carbocycles. The zero-order chi connectivity index (χ0) is 26.4. The number of rotatable bonds is 8. The Morgan fingerprint density at radius 2 is 1.76 bits per heavy atom. The van der Waals surface area contributed by atoms with Crippen LogP contribution in [-0.2, 0) is 22.4 Å². The number of hydrogen-bond donors (Lipinski definition) is 1. The Kier molecular flexibility index (Phi) is 7.88. The van der Waals surface area contributed by atoms with Crippen molar-refractivity contribution in [3.63, 3.8) is 0 Å². The highest BCUT2D eigenvalue weighted by Gasteiger charge is 2.41. The first-order chi connectivity index (χ1) is 17.8. The van der Waals surface area contributed by atoms with Gasteiger partial charge in [0.2, 0.25) is 5.91 Å². The van der Waals surface area contributed by atoms with Crippen LogP contribution in [0.4, 0.5) is 13.2 Å². The normalized spacial score (nSPS) is 12.5. The molecule has 190 valence electrons. The van der Waals surface area contributed by atoms with E-state index in [9.17, 15) is 18.0 Å². The topological polar surface area (TPSA) is 85.7 Å². The van der Waals surface area contributed by atoms with E-state index in [0.29, 0.717) is 10.8 Å². The Labute approximate surface area is 214 Å². The van der Waals surface area contributed by atoms with Gasteiger partial charge in [0.15, 0.2) is 5.69 Å². The van der Waals surface area contributed by atoms with Gasteiger partial charge in [0.05, 0.1) is 23.8 Å². The summed E-state index contributed by atoms with van der Waals surface area (Å²) < 4.78 is 47.3. The molecule has 1 amide bonds. The molecule has 1 heterocycles. The summed E-state index contributed by atoms with van der Waals surface area (Å²) in [6, 6.07) is 19.1. The van der Waals surface area contributed by atoms with Gasteiger partial charge in [-0.25, -0.2) is 9.97 Å². The molecule has 11 heteroatoms. The Morgan fingerprint density at radius 1 is 1.05 bits per heavy atom. The summed E-state index contributed by atoms with van der Waals surface area (Å²) in [6.45, 7) is 0.0819. The molecule has 0 aliphatic rings. The van der Waals surface area contributed by atoms with Crippen LogP contribution < -0.4 is 10.1 Å². The van der Waals surface area contributed by atoms with Gasteiger partial charge >= 0.3 is 6.18 Å². The fourth-order valence-corrected chi connectivity index (χ4v) is 3.72. The average molecular weight is 529 g/mol. The third-order valence-electron chi connectivity index (χ3n) is 5.30. The summed E-state index contributed by atoms with van der Waals surface area (Å²) in [5.41, 5.74) is -0.524. The van der Waals surface area contributed by atoms with Crippen molar-refractivity contribution in [3.05, 3.63) is 100 Å². The number of methoxy groups -OCH3 is 1. The van der Waals surface area contributed by atoms with Gasteiger partial charge in [-0.1, -0.05) is 53.2 Å². The summed E-state index contributed by atoms with van der Waals surface area (Å²) in [5, 5.41) is 6.43. The number of fused-ring (bicyclic) bond motifs is 1. The van der Waals surface area contributed by atoms with Gasteiger partial charge in [0.1, 0.15) is 24.6 Å².